The molecule has 0 aliphatic heterocycles. The van der Waals surface area contributed by atoms with Crippen LogP contribution in [0, 0.1) is 0 Å². The first-order chi connectivity index (χ1) is 15.7. The van der Waals surface area contributed by atoms with Crippen molar-refractivity contribution in [1.29, 1.82) is 0 Å². The van der Waals surface area contributed by atoms with Crippen LogP contribution in [0.1, 0.15) is 45.7 Å². The number of amides is 1. The van der Waals surface area contributed by atoms with E-state index in [0.29, 0.717) is 18.8 Å². The summed E-state index contributed by atoms with van der Waals surface area (Å²) in [7, 11) is 0. The minimum atomic E-state index is -0.575. The zero-order valence-electron chi connectivity index (χ0n) is 19.9. The zero-order chi connectivity index (χ0) is 24.0. The van der Waals surface area contributed by atoms with Crippen LogP contribution >= 0.6 is 0 Å². The van der Waals surface area contributed by atoms with Crippen molar-refractivity contribution in [2.45, 2.75) is 59.3 Å². The highest BCUT2D eigenvalue weighted by Crippen LogP contribution is 2.28. The number of carbonyl (C=O) groups is 2. The summed E-state index contributed by atoms with van der Waals surface area (Å²) < 4.78 is 18.0. The predicted molar refractivity (Wildman–Crippen MR) is 128 cm³/mol. The molecule has 7 heteroatoms. The molecule has 7 nitrogen and oxygen atoms in total. The maximum absolute atomic E-state index is 12.5. The van der Waals surface area contributed by atoms with Gasteiger partial charge in [-0.1, -0.05) is 30.3 Å². The monoisotopic (exact) mass is 452 g/mol. The number of aromatic nitrogens is 1. The fourth-order valence-corrected chi connectivity index (χ4v) is 3.50. The summed E-state index contributed by atoms with van der Waals surface area (Å²) in [4.78, 5) is 24.7. The minimum absolute atomic E-state index is 0.213. The van der Waals surface area contributed by atoms with Gasteiger partial charge in [0, 0.05) is 17.6 Å². The number of nitrogens with one attached hydrogen (secondary N) is 1. The van der Waals surface area contributed by atoms with Gasteiger partial charge in [0.2, 0.25) is 0 Å². The second-order valence-corrected chi connectivity index (χ2v) is 8.93. The second kappa shape index (κ2) is 10.4. The summed E-state index contributed by atoms with van der Waals surface area (Å²) >= 11 is 0. The van der Waals surface area contributed by atoms with Gasteiger partial charge in [-0.2, -0.15) is 0 Å². The van der Waals surface area contributed by atoms with Gasteiger partial charge >= 0.3 is 12.2 Å². The molecule has 0 radical (unpaired) electrons. The van der Waals surface area contributed by atoms with Gasteiger partial charge in [-0.3, -0.25) is 4.57 Å². The smallest absolute Gasteiger partial charge is 0.418 e. The number of nitrogens with zero attached hydrogens (tertiary/aromatic N) is 1. The highest BCUT2D eigenvalue weighted by atomic mass is 16.6. The van der Waals surface area contributed by atoms with Gasteiger partial charge in [-0.25, -0.2) is 9.59 Å². The van der Waals surface area contributed by atoms with Gasteiger partial charge in [0.25, 0.3) is 0 Å². The Labute approximate surface area is 194 Å². The molecule has 0 aliphatic carbocycles. The van der Waals surface area contributed by atoms with E-state index in [1.165, 1.54) is 4.57 Å². The summed E-state index contributed by atoms with van der Waals surface area (Å²) in [6.45, 7) is 9.85. The minimum Gasteiger partial charge on any atom is -0.489 e. The standard InChI is InChI=1S/C26H32N2O5/c1-6-31-25(30)28-16-20(14-18(2)27-24(29)33-26(3,4)5)22-15-21(12-13-23(22)28)32-17-19-10-8-7-9-11-19/h7-13,15-16,18H,6,14,17H2,1-5H3,(H,27,29)/t18-/m1/s1. The number of fused-ring (bicyclic) bond motifs is 1. The third kappa shape index (κ3) is 6.75. The molecule has 3 rings (SSSR count). The molecule has 3 aromatic rings. The summed E-state index contributed by atoms with van der Waals surface area (Å²) in [6, 6.07) is 15.3. The van der Waals surface area contributed by atoms with Crippen LogP contribution < -0.4 is 10.1 Å². The van der Waals surface area contributed by atoms with E-state index in [4.69, 9.17) is 14.2 Å². The number of benzene rings is 2. The van der Waals surface area contributed by atoms with Crippen molar-refractivity contribution in [3.8, 4) is 5.75 Å². The molecule has 1 aromatic heterocycles. The topological polar surface area (TPSA) is 78.8 Å². The van der Waals surface area contributed by atoms with Crippen molar-refractivity contribution in [2.75, 3.05) is 6.61 Å². The third-order valence-corrected chi connectivity index (χ3v) is 4.86. The van der Waals surface area contributed by atoms with Crippen LogP contribution in [0.25, 0.3) is 10.9 Å². The highest BCUT2D eigenvalue weighted by molar-refractivity contribution is 5.93. The Balaban J connectivity index is 1.84. The van der Waals surface area contributed by atoms with Crippen molar-refractivity contribution in [3.05, 3.63) is 65.9 Å². The molecular formula is C26H32N2O5. The van der Waals surface area contributed by atoms with E-state index in [-0.39, 0.29) is 12.6 Å². The summed E-state index contributed by atoms with van der Waals surface area (Å²) in [5.74, 6) is 0.696. The fourth-order valence-electron chi connectivity index (χ4n) is 3.50. The molecule has 0 bridgehead atoms. The highest BCUT2D eigenvalue weighted by Gasteiger charge is 2.20. The molecule has 0 saturated heterocycles. The zero-order valence-corrected chi connectivity index (χ0v) is 19.9. The Hall–Kier alpha value is -3.48. The van der Waals surface area contributed by atoms with Gasteiger partial charge in [0.15, 0.2) is 0 Å². The Morgan fingerprint density at radius 2 is 1.82 bits per heavy atom. The lowest BCUT2D eigenvalue weighted by Crippen LogP contribution is -2.38. The SMILES string of the molecule is CCOC(=O)n1cc(C[C@@H](C)NC(=O)OC(C)(C)C)c2cc(OCc3ccccc3)ccc21. The lowest BCUT2D eigenvalue weighted by atomic mass is 10.1. The Morgan fingerprint density at radius 3 is 2.48 bits per heavy atom. The quantitative estimate of drug-likeness (QED) is 0.499. The Morgan fingerprint density at radius 1 is 1.09 bits per heavy atom. The predicted octanol–water partition coefficient (Wildman–Crippen LogP) is 5.68. The van der Waals surface area contributed by atoms with Crippen molar-refractivity contribution >= 4 is 23.1 Å². The Kier molecular flexibility index (Phi) is 7.63. The molecule has 33 heavy (non-hydrogen) atoms. The molecule has 1 atom stereocenters. The van der Waals surface area contributed by atoms with Crippen LogP contribution in [0.15, 0.2) is 54.7 Å². The van der Waals surface area contributed by atoms with E-state index in [2.05, 4.69) is 5.32 Å². The number of hydrogen-bond acceptors (Lipinski definition) is 5. The molecule has 1 heterocycles. The second-order valence-electron chi connectivity index (χ2n) is 8.93. The molecule has 0 unspecified atom stereocenters. The van der Waals surface area contributed by atoms with Crippen molar-refractivity contribution in [1.82, 2.24) is 9.88 Å². The van der Waals surface area contributed by atoms with Crippen LogP contribution in [-0.2, 0) is 22.5 Å². The normalized spacial score (nSPS) is 12.3. The molecule has 0 saturated carbocycles. The van der Waals surface area contributed by atoms with E-state index in [1.54, 1.807) is 13.1 Å². The largest absolute Gasteiger partial charge is 0.489 e. The summed E-state index contributed by atoms with van der Waals surface area (Å²) in [6.07, 6.45) is 1.34. The first-order valence-electron chi connectivity index (χ1n) is 11.1. The lowest BCUT2D eigenvalue weighted by molar-refractivity contribution is 0.0508. The fraction of sp³-hybridized carbons (Fsp3) is 0.385. The number of hydrogen-bond donors (Lipinski definition) is 1. The number of alkyl carbamates (subject to hydrolysis) is 1. The van der Waals surface area contributed by atoms with Gasteiger partial charge in [0.05, 0.1) is 12.1 Å². The molecular weight excluding hydrogens is 420 g/mol. The van der Waals surface area contributed by atoms with E-state index in [1.807, 2.05) is 76.2 Å². The first-order valence-corrected chi connectivity index (χ1v) is 11.1. The van der Waals surface area contributed by atoms with Crippen LogP contribution in [-0.4, -0.2) is 35.0 Å². The van der Waals surface area contributed by atoms with E-state index < -0.39 is 17.8 Å². The van der Waals surface area contributed by atoms with E-state index in [0.717, 1.165) is 22.0 Å². The van der Waals surface area contributed by atoms with E-state index in [9.17, 15) is 9.59 Å². The number of rotatable bonds is 7. The Bertz CT molecular complexity index is 1100. The number of carbonyl (C=O) groups excluding carboxylic acids is 2. The number of ether oxygens (including phenoxy) is 3. The molecule has 0 aliphatic rings. The van der Waals surface area contributed by atoms with Crippen LogP contribution in [0.4, 0.5) is 9.59 Å². The molecule has 176 valence electrons. The summed E-state index contributed by atoms with van der Waals surface area (Å²) in [5, 5.41) is 3.72. The van der Waals surface area contributed by atoms with Crippen molar-refractivity contribution in [3.63, 3.8) is 0 Å². The first kappa shape index (κ1) is 24.2. The van der Waals surface area contributed by atoms with Gasteiger partial charge in [-0.05, 0) is 70.4 Å². The average Bonchev–Trinajstić information content (AvgIpc) is 3.09. The van der Waals surface area contributed by atoms with Crippen molar-refractivity contribution < 1.29 is 23.8 Å². The van der Waals surface area contributed by atoms with E-state index >= 15 is 0 Å². The molecule has 1 amide bonds. The maximum Gasteiger partial charge on any atom is 0.418 e. The molecule has 0 spiro atoms. The van der Waals surface area contributed by atoms with Gasteiger partial charge in [-0.15, -0.1) is 0 Å². The van der Waals surface area contributed by atoms with Crippen LogP contribution in [0.2, 0.25) is 0 Å². The van der Waals surface area contributed by atoms with Crippen LogP contribution in [0.5, 0.6) is 5.75 Å². The molecule has 2 aromatic carbocycles. The van der Waals surface area contributed by atoms with Gasteiger partial charge < -0.3 is 19.5 Å². The summed E-state index contributed by atoms with van der Waals surface area (Å²) in [5.41, 5.74) is 2.11. The van der Waals surface area contributed by atoms with Crippen molar-refractivity contribution in [2.24, 2.45) is 0 Å². The average molecular weight is 453 g/mol. The lowest BCUT2D eigenvalue weighted by Gasteiger charge is -2.21. The van der Waals surface area contributed by atoms with Gasteiger partial charge in [0.1, 0.15) is 18.0 Å². The third-order valence-electron chi connectivity index (χ3n) is 4.86. The molecule has 0 fully saturated rings. The van der Waals surface area contributed by atoms with Crippen LogP contribution in [0.3, 0.4) is 0 Å². The maximum atomic E-state index is 12.5. The molecule has 1 N–H and O–H groups in total.